The van der Waals surface area contributed by atoms with Crippen molar-refractivity contribution in [2.45, 2.75) is 37.9 Å². The standard InChI is InChI=1S/C15H16N4O3S/c16-14-19-18-13(23-14)8-12(20)17-9-3-4-10-11(7-9)22-15(21-10)5-1-2-6-15/h3-4,7H,1-2,5-6,8H2,(H2,16,19)(H,17,20). The Labute approximate surface area is 136 Å². The molecule has 1 fully saturated rings. The van der Waals surface area contributed by atoms with Crippen molar-refractivity contribution in [1.82, 2.24) is 10.2 Å². The van der Waals surface area contributed by atoms with E-state index in [2.05, 4.69) is 15.5 Å². The van der Waals surface area contributed by atoms with E-state index >= 15 is 0 Å². The van der Waals surface area contributed by atoms with Gasteiger partial charge in [0, 0.05) is 24.6 Å². The normalized spacial score (nSPS) is 17.6. The van der Waals surface area contributed by atoms with Crippen LogP contribution in [-0.2, 0) is 11.2 Å². The number of nitrogens with one attached hydrogen (secondary N) is 1. The molecule has 1 aromatic carbocycles. The van der Waals surface area contributed by atoms with Gasteiger partial charge in [0.15, 0.2) is 11.5 Å². The molecule has 8 heteroatoms. The predicted molar refractivity (Wildman–Crippen MR) is 85.6 cm³/mol. The van der Waals surface area contributed by atoms with E-state index < -0.39 is 5.79 Å². The lowest BCUT2D eigenvalue weighted by Crippen LogP contribution is -2.34. The average molecular weight is 332 g/mol. The molecule has 1 amide bonds. The van der Waals surface area contributed by atoms with Crippen molar-refractivity contribution in [3.63, 3.8) is 0 Å². The maximum atomic E-state index is 12.1. The summed E-state index contributed by atoms with van der Waals surface area (Å²) >= 11 is 1.21. The summed E-state index contributed by atoms with van der Waals surface area (Å²) in [5, 5.41) is 11.3. The van der Waals surface area contributed by atoms with E-state index in [1.165, 1.54) is 11.3 Å². The molecule has 2 aliphatic rings. The number of rotatable bonds is 3. The molecule has 1 aliphatic heterocycles. The van der Waals surface area contributed by atoms with Gasteiger partial charge in [-0.2, -0.15) is 0 Å². The lowest BCUT2D eigenvalue weighted by molar-refractivity contribution is -0.115. The van der Waals surface area contributed by atoms with E-state index in [-0.39, 0.29) is 12.3 Å². The maximum absolute atomic E-state index is 12.1. The molecule has 23 heavy (non-hydrogen) atoms. The molecule has 0 bridgehead atoms. The number of benzene rings is 1. The van der Waals surface area contributed by atoms with Gasteiger partial charge >= 0.3 is 0 Å². The van der Waals surface area contributed by atoms with Gasteiger partial charge in [0.1, 0.15) is 5.01 Å². The second kappa shape index (κ2) is 5.38. The molecule has 1 aliphatic carbocycles. The fraction of sp³-hybridized carbons (Fsp3) is 0.400. The van der Waals surface area contributed by atoms with E-state index in [0.29, 0.717) is 21.6 Å². The van der Waals surface area contributed by atoms with Gasteiger partial charge in [-0.3, -0.25) is 4.79 Å². The summed E-state index contributed by atoms with van der Waals surface area (Å²) < 4.78 is 11.9. The summed E-state index contributed by atoms with van der Waals surface area (Å²) in [5.74, 6) is 0.761. The van der Waals surface area contributed by atoms with Gasteiger partial charge in [-0.05, 0) is 25.0 Å². The summed E-state index contributed by atoms with van der Waals surface area (Å²) in [6.45, 7) is 0. The first-order valence-corrected chi connectivity index (χ1v) is 8.33. The monoisotopic (exact) mass is 332 g/mol. The minimum Gasteiger partial charge on any atom is -0.448 e. The number of ether oxygens (including phenoxy) is 2. The molecule has 0 unspecified atom stereocenters. The van der Waals surface area contributed by atoms with Crippen LogP contribution in [0.5, 0.6) is 11.5 Å². The minimum absolute atomic E-state index is 0.146. The summed E-state index contributed by atoms with van der Waals surface area (Å²) in [7, 11) is 0. The zero-order chi connectivity index (χ0) is 15.9. The van der Waals surface area contributed by atoms with Gasteiger partial charge in [0.25, 0.3) is 5.79 Å². The molecule has 1 aromatic heterocycles. The lowest BCUT2D eigenvalue weighted by Gasteiger charge is -2.21. The molecule has 1 saturated carbocycles. The lowest BCUT2D eigenvalue weighted by atomic mass is 10.2. The Bertz CT molecular complexity index is 755. The SMILES string of the molecule is Nc1nnc(CC(=O)Nc2ccc3c(c2)OC2(CCCC2)O3)s1. The number of nitrogen functional groups attached to an aromatic ring is 1. The molecule has 4 rings (SSSR count). The highest BCUT2D eigenvalue weighted by Crippen LogP contribution is 2.47. The minimum atomic E-state index is -0.491. The van der Waals surface area contributed by atoms with Crippen molar-refractivity contribution in [3.8, 4) is 11.5 Å². The molecule has 2 heterocycles. The quantitative estimate of drug-likeness (QED) is 0.895. The van der Waals surface area contributed by atoms with Crippen molar-refractivity contribution in [1.29, 1.82) is 0 Å². The van der Waals surface area contributed by atoms with Crippen LogP contribution in [0.3, 0.4) is 0 Å². The van der Waals surface area contributed by atoms with E-state index in [0.717, 1.165) is 31.4 Å². The van der Waals surface area contributed by atoms with Crippen molar-refractivity contribution >= 4 is 28.1 Å². The predicted octanol–water partition coefficient (Wildman–Crippen LogP) is 2.34. The van der Waals surface area contributed by atoms with Crippen molar-refractivity contribution in [3.05, 3.63) is 23.2 Å². The third kappa shape index (κ3) is 2.81. The van der Waals surface area contributed by atoms with Crippen LogP contribution in [0.2, 0.25) is 0 Å². The van der Waals surface area contributed by atoms with Crippen LogP contribution in [0.4, 0.5) is 10.8 Å². The molecule has 1 spiro atoms. The van der Waals surface area contributed by atoms with Crippen LogP contribution in [0.15, 0.2) is 18.2 Å². The number of aromatic nitrogens is 2. The summed E-state index contributed by atoms with van der Waals surface area (Å²) in [5.41, 5.74) is 6.18. The molecule has 7 nitrogen and oxygen atoms in total. The number of hydrogen-bond donors (Lipinski definition) is 2. The third-order valence-electron chi connectivity index (χ3n) is 3.98. The highest BCUT2D eigenvalue weighted by molar-refractivity contribution is 7.15. The second-order valence-corrected chi connectivity index (χ2v) is 6.84. The zero-order valence-corrected chi connectivity index (χ0v) is 13.2. The molecule has 0 saturated heterocycles. The number of nitrogens with two attached hydrogens (primary N) is 1. The van der Waals surface area contributed by atoms with E-state index in [1.807, 2.05) is 12.1 Å². The van der Waals surface area contributed by atoms with E-state index in [1.54, 1.807) is 6.07 Å². The number of hydrogen-bond acceptors (Lipinski definition) is 7. The van der Waals surface area contributed by atoms with Crippen LogP contribution in [-0.4, -0.2) is 21.9 Å². The Hall–Kier alpha value is -2.35. The fourth-order valence-corrected chi connectivity index (χ4v) is 3.58. The Morgan fingerprint density at radius 3 is 2.78 bits per heavy atom. The first kappa shape index (κ1) is 14.3. The van der Waals surface area contributed by atoms with Crippen molar-refractivity contribution < 1.29 is 14.3 Å². The number of carbonyl (C=O) groups excluding carboxylic acids is 1. The van der Waals surface area contributed by atoms with Crippen LogP contribution in [0.25, 0.3) is 0 Å². The van der Waals surface area contributed by atoms with Gasteiger partial charge in [0.2, 0.25) is 11.0 Å². The van der Waals surface area contributed by atoms with Crippen molar-refractivity contribution in [2.75, 3.05) is 11.1 Å². The second-order valence-electron chi connectivity index (χ2n) is 5.74. The maximum Gasteiger partial charge on any atom is 0.251 e. The summed E-state index contributed by atoms with van der Waals surface area (Å²) in [6.07, 6.45) is 4.18. The molecule has 120 valence electrons. The Morgan fingerprint density at radius 1 is 1.26 bits per heavy atom. The Kier molecular flexibility index (Phi) is 3.33. The number of anilines is 2. The van der Waals surface area contributed by atoms with Gasteiger partial charge in [0.05, 0.1) is 6.42 Å². The number of amides is 1. The highest BCUT2D eigenvalue weighted by atomic mass is 32.1. The molecular formula is C15H16N4O3S. The highest BCUT2D eigenvalue weighted by Gasteiger charge is 2.44. The molecular weight excluding hydrogens is 316 g/mol. The smallest absolute Gasteiger partial charge is 0.251 e. The van der Waals surface area contributed by atoms with Gasteiger partial charge in [-0.1, -0.05) is 11.3 Å². The van der Waals surface area contributed by atoms with Crippen LogP contribution >= 0.6 is 11.3 Å². The summed E-state index contributed by atoms with van der Waals surface area (Å²) in [6, 6.07) is 5.44. The molecule has 2 aromatic rings. The Morgan fingerprint density at radius 2 is 2.04 bits per heavy atom. The van der Waals surface area contributed by atoms with Crippen LogP contribution in [0.1, 0.15) is 30.7 Å². The van der Waals surface area contributed by atoms with Crippen molar-refractivity contribution in [2.24, 2.45) is 0 Å². The van der Waals surface area contributed by atoms with Crippen LogP contribution in [0, 0.1) is 0 Å². The fourth-order valence-electron chi connectivity index (χ4n) is 2.97. The molecule has 3 N–H and O–H groups in total. The topological polar surface area (TPSA) is 99.4 Å². The Balaban J connectivity index is 1.44. The van der Waals surface area contributed by atoms with E-state index in [4.69, 9.17) is 15.2 Å². The zero-order valence-electron chi connectivity index (χ0n) is 12.4. The van der Waals surface area contributed by atoms with Gasteiger partial charge in [-0.25, -0.2) is 0 Å². The molecule has 0 radical (unpaired) electrons. The molecule has 0 atom stereocenters. The van der Waals surface area contributed by atoms with E-state index in [9.17, 15) is 4.79 Å². The number of carbonyl (C=O) groups is 1. The summed E-state index contributed by atoms with van der Waals surface area (Å²) in [4.78, 5) is 12.1. The largest absolute Gasteiger partial charge is 0.448 e. The van der Waals surface area contributed by atoms with Crippen LogP contribution < -0.4 is 20.5 Å². The number of nitrogens with zero attached hydrogens (tertiary/aromatic N) is 2. The number of fused-ring (bicyclic) bond motifs is 1. The van der Waals surface area contributed by atoms with Gasteiger partial charge in [-0.15, -0.1) is 10.2 Å². The first-order chi connectivity index (χ1) is 11.1. The average Bonchev–Trinajstić information content (AvgIpc) is 3.20. The third-order valence-corrected chi connectivity index (χ3v) is 4.73. The first-order valence-electron chi connectivity index (χ1n) is 7.52. The van der Waals surface area contributed by atoms with Gasteiger partial charge < -0.3 is 20.5 Å².